The molecule has 2 aliphatic heterocycles. The van der Waals surface area contributed by atoms with Gasteiger partial charge >= 0.3 is 0 Å². The molecule has 2 saturated heterocycles. The average Bonchev–Trinajstić information content (AvgIpc) is 3.10. The number of fused-ring (bicyclic) bond motifs is 1. The number of hydrogen-bond acceptors (Lipinski definition) is 7. The fourth-order valence-electron chi connectivity index (χ4n) is 4.90. The van der Waals surface area contributed by atoms with Crippen molar-refractivity contribution in [3.05, 3.63) is 44.7 Å². The fourth-order valence-corrected chi connectivity index (χ4v) is 6.28. The number of thiocarbonyl (C=S) groups is 1. The van der Waals surface area contributed by atoms with Crippen LogP contribution in [0.3, 0.4) is 0 Å². The summed E-state index contributed by atoms with van der Waals surface area (Å²) in [5, 5.41) is 0. The lowest BCUT2D eigenvalue weighted by Gasteiger charge is -2.34. The van der Waals surface area contributed by atoms with E-state index in [1.165, 1.54) is 18.2 Å². The predicted molar refractivity (Wildman–Crippen MR) is 138 cm³/mol. The first kappa shape index (κ1) is 22.6. The monoisotopic (exact) mass is 483 g/mol. The van der Waals surface area contributed by atoms with E-state index in [0.717, 1.165) is 57.4 Å². The summed E-state index contributed by atoms with van der Waals surface area (Å²) >= 11 is 6.91. The van der Waals surface area contributed by atoms with Crippen molar-refractivity contribution in [2.45, 2.75) is 45.1 Å². The number of aryl methyl sites for hydroxylation is 1. The summed E-state index contributed by atoms with van der Waals surface area (Å²) in [5.41, 5.74) is 1.91. The number of aromatic nitrogens is 2. The van der Waals surface area contributed by atoms with Crippen molar-refractivity contribution >= 4 is 51.7 Å². The molecule has 0 spiro atoms. The molecule has 0 N–H and O–H groups in total. The van der Waals surface area contributed by atoms with Gasteiger partial charge in [0.05, 0.1) is 10.5 Å². The molecule has 3 aliphatic rings. The van der Waals surface area contributed by atoms with E-state index in [4.69, 9.17) is 17.2 Å². The maximum Gasteiger partial charge on any atom is 0.267 e. The van der Waals surface area contributed by atoms with E-state index < -0.39 is 0 Å². The van der Waals surface area contributed by atoms with Crippen molar-refractivity contribution in [2.75, 3.05) is 38.1 Å². The summed E-state index contributed by atoms with van der Waals surface area (Å²) in [4.78, 5) is 38.6. The van der Waals surface area contributed by atoms with Crippen molar-refractivity contribution in [3.8, 4) is 0 Å². The second kappa shape index (κ2) is 9.19. The molecule has 7 nitrogen and oxygen atoms in total. The Morgan fingerprint density at radius 2 is 1.82 bits per heavy atom. The Bertz CT molecular complexity index is 1190. The molecule has 1 aliphatic carbocycles. The molecule has 4 heterocycles. The van der Waals surface area contributed by atoms with Crippen LogP contribution in [0.5, 0.6) is 0 Å². The number of nitrogens with zero attached hydrogens (tertiary/aromatic N) is 5. The van der Waals surface area contributed by atoms with E-state index in [1.54, 1.807) is 15.4 Å². The molecule has 0 atom stereocenters. The van der Waals surface area contributed by atoms with Gasteiger partial charge in [-0.15, -0.1) is 0 Å². The molecule has 0 bridgehead atoms. The largest absolute Gasteiger partial charge is 0.353 e. The van der Waals surface area contributed by atoms with Gasteiger partial charge in [-0.1, -0.05) is 49.3 Å². The first-order valence-corrected chi connectivity index (χ1v) is 12.9. The van der Waals surface area contributed by atoms with Gasteiger partial charge in [-0.2, -0.15) is 0 Å². The van der Waals surface area contributed by atoms with Gasteiger partial charge in [0, 0.05) is 38.4 Å². The molecule has 174 valence electrons. The number of piperazine rings is 1. The molecule has 0 unspecified atom stereocenters. The minimum absolute atomic E-state index is 0.0741. The van der Waals surface area contributed by atoms with Crippen molar-refractivity contribution in [2.24, 2.45) is 0 Å². The van der Waals surface area contributed by atoms with Crippen LogP contribution in [0.15, 0.2) is 28.0 Å². The van der Waals surface area contributed by atoms with Gasteiger partial charge in [-0.05, 0) is 44.5 Å². The molecule has 0 aromatic carbocycles. The highest BCUT2D eigenvalue weighted by Crippen LogP contribution is 2.37. The van der Waals surface area contributed by atoms with E-state index in [2.05, 4.69) is 16.8 Å². The summed E-state index contributed by atoms with van der Waals surface area (Å²) in [6, 6.07) is 4.01. The highest BCUT2D eigenvalue weighted by molar-refractivity contribution is 8.26. The summed E-state index contributed by atoms with van der Waals surface area (Å²) in [6.45, 7) is 5.33. The fraction of sp³-hybridized carbons (Fsp3) is 0.500. The molecule has 2 aromatic rings. The highest BCUT2D eigenvalue weighted by Gasteiger charge is 2.38. The van der Waals surface area contributed by atoms with Gasteiger partial charge in [-0.3, -0.25) is 18.9 Å². The Labute approximate surface area is 203 Å². The molecule has 33 heavy (non-hydrogen) atoms. The lowest BCUT2D eigenvalue weighted by molar-refractivity contribution is -0.124. The van der Waals surface area contributed by atoms with Crippen molar-refractivity contribution in [3.63, 3.8) is 0 Å². The third kappa shape index (κ3) is 4.34. The zero-order chi connectivity index (χ0) is 23.1. The number of carbonyl (C=O) groups excluding carboxylic acids is 1. The van der Waals surface area contributed by atoms with E-state index in [-0.39, 0.29) is 17.5 Å². The van der Waals surface area contributed by atoms with Crippen molar-refractivity contribution < 1.29 is 4.79 Å². The molecule has 1 saturated carbocycles. The number of carbonyl (C=O) groups is 1. The van der Waals surface area contributed by atoms with Crippen LogP contribution >= 0.6 is 24.0 Å². The predicted octanol–water partition coefficient (Wildman–Crippen LogP) is 3.29. The molecule has 1 amide bonds. The van der Waals surface area contributed by atoms with E-state index in [9.17, 15) is 9.59 Å². The third-order valence-corrected chi connectivity index (χ3v) is 8.16. The minimum atomic E-state index is -0.152. The smallest absolute Gasteiger partial charge is 0.267 e. The molecular formula is C24H29N5O2S2. The van der Waals surface area contributed by atoms with E-state index in [0.29, 0.717) is 26.3 Å². The third-order valence-electron chi connectivity index (χ3n) is 6.83. The second-order valence-corrected chi connectivity index (χ2v) is 10.9. The zero-order valence-electron chi connectivity index (χ0n) is 19.1. The topological polar surface area (TPSA) is 61.2 Å². The number of likely N-dealkylation sites (N-methyl/N-ethyl adjacent to an activating group) is 1. The standard InChI is InChI=1S/C24H29N5O2S2/c1-16-8-9-20-25-21(27-12-10-26(2)11-13-27)18(22(30)28(20)15-16)14-19-23(31)29(24(32)33-19)17-6-4-3-5-7-17/h8-9,14-15,17H,3-7,10-13H2,1-2H3. The molecule has 3 fully saturated rings. The molecule has 5 rings (SSSR count). The van der Waals surface area contributed by atoms with Crippen LogP contribution < -0.4 is 10.5 Å². The van der Waals surface area contributed by atoms with Crippen LogP contribution in [0.1, 0.15) is 43.2 Å². The average molecular weight is 484 g/mol. The molecule has 0 radical (unpaired) electrons. The van der Waals surface area contributed by atoms with Crippen LogP contribution in [0.4, 0.5) is 5.82 Å². The Balaban J connectivity index is 1.59. The van der Waals surface area contributed by atoms with Crippen LogP contribution in [-0.2, 0) is 4.79 Å². The van der Waals surface area contributed by atoms with Gasteiger partial charge in [-0.25, -0.2) is 4.98 Å². The maximum atomic E-state index is 13.6. The number of thioether (sulfide) groups is 1. The summed E-state index contributed by atoms with van der Waals surface area (Å²) in [6.07, 6.45) is 9.00. The first-order chi connectivity index (χ1) is 15.9. The Morgan fingerprint density at radius 3 is 2.55 bits per heavy atom. The Morgan fingerprint density at radius 1 is 1.09 bits per heavy atom. The van der Waals surface area contributed by atoms with E-state index >= 15 is 0 Å². The van der Waals surface area contributed by atoms with Gasteiger partial charge in [0.2, 0.25) is 0 Å². The number of hydrogen-bond donors (Lipinski definition) is 0. The Kier molecular flexibility index (Phi) is 6.28. The lowest BCUT2D eigenvalue weighted by Crippen LogP contribution is -2.45. The summed E-state index contributed by atoms with van der Waals surface area (Å²) in [7, 11) is 2.10. The van der Waals surface area contributed by atoms with E-state index in [1.807, 2.05) is 25.3 Å². The molecular weight excluding hydrogens is 454 g/mol. The van der Waals surface area contributed by atoms with Gasteiger partial charge in [0.15, 0.2) is 0 Å². The zero-order valence-corrected chi connectivity index (χ0v) is 20.8. The van der Waals surface area contributed by atoms with Gasteiger partial charge in [0.25, 0.3) is 11.5 Å². The second-order valence-electron chi connectivity index (χ2n) is 9.22. The van der Waals surface area contributed by atoms with Crippen molar-refractivity contribution in [1.82, 2.24) is 19.2 Å². The Hall–Kier alpha value is -2.23. The normalized spacial score (nSPS) is 22.2. The summed E-state index contributed by atoms with van der Waals surface area (Å²) < 4.78 is 2.19. The SMILES string of the molecule is Cc1ccc2nc(N3CCN(C)CC3)c(C=C3SC(=S)N(C4CCCCC4)C3=O)c(=O)n2c1. The molecule has 2 aromatic heterocycles. The van der Waals surface area contributed by atoms with Crippen LogP contribution in [0.25, 0.3) is 11.7 Å². The number of anilines is 1. The lowest BCUT2D eigenvalue weighted by atomic mass is 9.94. The number of pyridine rings is 1. The first-order valence-electron chi connectivity index (χ1n) is 11.7. The van der Waals surface area contributed by atoms with Crippen LogP contribution in [0.2, 0.25) is 0 Å². The van der Waals surface area contributed by atoms with Gasteiger partial charge < -0.3 is 9.80 Å². The maximum absolute atomic E-state index is 13.6. The minimum Gasteiger partial charge on any atom is -0.353 e. The van der Waals surface area contributed by atoms with Gasteiger partial charge in [0.1, 0.15) is 15.8 Å². The van der Waals surface area contributed by atoms with Crippen LogP contribution in [0, 0.1) is 6.92 Å². The quantitative estimate of drug-likeness (QED) is 0.490. The molecule has 9 heteroatoms. The number of rotatable bonds is 3. The van der Waals surface area contributed by atoms with Crippen LogP contribution in [-0.4, -0.2) is 68.7 Å². The van der Waals surface area contributed by atoms with Crippen molar-refractivity contribution in [1.29, 1.82) is 0 Å². The number of amides is 1. The highest BCUT2D eigenvalue weighted by atomic mass is 32.2. The summed E-state index contributed by atoms with van der Waals surface area (Å²) in [5.74, 6) is 0.579.